The van der Waals surface area contributed by atoms with Crippen molar-refractivity contribution in [2.24, 2.45) is 0 Å². The van der Waals surface area contributed by atoms with Crippen LogP contribution in [0.2, 0.25) is 0 Å². The lowest BCUT2D eigenvalue weighted by molar-refractivity contribution is 0.332. The first-order valence-electron chi connectivity index (χ1n) is 20.4. The molecule has 0 saturated heterocycles. The monoisotopic (exact) mass is 733 g/mol. The molecule has 0 saturated carbocycles. The molecule has 10 rings (SSSR count). The smallest absolute Gasteiger partial charge is 0.0462 e. The van der Waals surface area contributed by atoms with E-state index in [1.807, 2.05) is 0 Å². The van der Waals surface area contributed by atoms with Gasteiger partial charge in [-0.2, -0.15) is 0 Å². The van der Waals surface area contributed by atoms with Crippen molar-refractivity contribution in [1.82, 2.24) is 0 Å². The minimum atomic E-state index is 0.169. The Morgan fingerprint density at radius 3 is 1.42 bits per heavy atom. The highest BCUT2D eigenvalue weighted by molar-refractivity contribution is 6.13. The van der Waals surface area contributed by atoms with Crippen LogP contribution in [0, 0.1) is 0 Å². The van der Waals surface area contributed by atoms with Crippen molar-refractivity contribution in [3.05, 3.63) is 199 Å². The van der Waals surface area contributed by atoms with E-state index in [1.54, 1.807) is 0 Å². The lowest BCUT2D eigenvalue weighted by Gasteiger charge is -2.42. The van der Waals surface area contributed by atoms with Crippen LogP contribution in [0.25, 0.3) is 65.7 Å². The molecule has 0 atom stereocenters. The summed E-state index contributed by atoms with van der Waals surface area (Å²) in [5.74, 6) is 0. The van der Waals surface area contributed by atoms with Crippen LogP contribution in [0.3, 0.4) is 0 Å². The Morgan fingerprint density at radius 2 is 0.789 bits per heavy atom. The van der Waals surface area contributed by atoms with Gasteiger partial charge in [-0.1, -0.05) is 167 Å². The Morgan fingerprint density at radius 1 is 0.333 bits per heavy atom. The van der Waals surface area contributed by atoms with E-state index in [9.17, 15) is 0 Å². The molecule has 0 spiro atoms. The van der Waals surface area contributed by atoms with Gasteiger partial charge in [0.2, 0.25) is 0 Å². The summed E-state index contributed by atoms with van der Waals surface area (Å²) in [5.41, 5.74) is 14.1. The van der Waals surface area contributed by atoms with Gasteiger partial charge < -0.3 is 4.90 Å². The van der Waals surface area contributed by atoms with Gasteiger partial charge in [-0.15, -0.1) is 0 Å². The van der Waals surface area contributed by atoms with Gasteiger partial charge in [0.25, 0.3) is 0 Å². The van der Waals surface area contributed by atoms with Crippen LogP contribution in [-0.2, 0) is 10.8 Å². The summed E-state index contributed by atoms with van der Waals surface area (Å²) in [6.07, 6.45) is 2.43. The molecule has 9 aromatic carbocycles. The predicted molar refractivity (Wildman–Crippen MR) is 245 cm³/mol. The summed E-state index contributed by atoms with van der Waals surface area (Å²) in [6.45, 7) is 9.61. The molecule has 57 heavy (non-hydrogen) atoms. The van der Waals surface area contributed by atoms with E-state index in [-0.39, 0.29) is 10.8 Å². The zero-order chi connectivity index (χ0) is 38.7. The predicted octanol–water partition coefficient (Wildman–Crippen LogP) is 16.0. The molecule has 1 nitrogen and oxygen atoms in total. The van der Waals surface area contributed by atoms with Crippen molar-refractivity contribution in [3.8, 4) is 33.4 Å². The Bertz CT molecular complexity index is 2930. The third-order valence-corrected chi connectivity index (χ3v) is 12.7. The molecule has 0 unspecified atom stereocenters. The Balaban J connectivity index is 1.04. The van der Waals surface area contributed by atoms with Gasteiger partial charge in [-0.3, -0.25) is 0 Å². The third-order valence-electron chi connectivity index (χ3n) is 12.7. The van der Waals surface area contributed by atoms with Crippen LogP contribution >= 0.6 is 0 Å². The van der Waals surface area contributed by atoms with Crippen molar-refractivity contribution in [1.29, 1.82) is 0 Å². The molecule has 0 aliphatic heterocycles. The zero-order valence-corrected chi connectivity index (χ0v) is 33.3. The number of hydrogen-bond acceptors (Lipinski definition) is 1. The summed E-state index contributed by atoms with van der Waals surface area (Å²) in [6, 6.07) is 69.6. The fourth-order valence-corrected chi connectivity index (χ4v) is 9.27. The van der Waals surface area contributed by atoms with E-state index >= 15 is 0 Å². The van der Waals surface area contributed by atoms with Crippen LogP contribution in [0.5, 0.6) is 0 Å². The largest absolute Gasteiger partial charge is 0.311 e. The van der Waals surface area contributed by atoms with Gasteiger partial charge in [0, 0.05) is 17.1 Å². The second kappa shape index (κ2) is 13.6. The molecule has 9 aromatic rings. The van der Waals surface area contributed by atoms with Gasteiger partial charge in [-0.25, -0.2) is 0 Å². The molecule has 1 aliphatic rings. The fourth-order valence-electron chi connectivity index (χ4n) is 9.27. The van der Waals surface area contributed by atoms with Gasteiger partial charge in [0.1, 0.15) is 0 Å². The van der Waals surface area contributed by atoms with Crippen molar-refractivity contribution in [3.63, 3.8) is 0 Å². The normalized spacial score (nSPS) is 14.5. The third kappa shape index (κ3) is 6.28. The van der Waals surface area contributed by atoms with Crippen LogP contribution in [0.1, 0.15) is 51.7 Å². The second-order valence-electron chi connectivity index (χ2n) is 17.3. The number of benzene rings is 9. The number of anilines is 3. The molecule has 0 radical (unpaired) electrons. The molecule has 0 bridgehead atoms. The highest BCUT2D eigenvalue weighted by atomic mass is 15.1. The van der Waals surface area contributed by atoms with Crippen LogP contribution in [0.15, 0.2) is 188 Å². The molecule has 1 heteroatoms. The highest BCUT2D eigenvalue weighted by Gasteiger charge is 2.37. The maximum atomic E-state index is 2.46. The van der Waals surface area contributed by atoms with E-state index < -0.39 is 0 Å². The standard InChI is InChI=1S/C56H47N/c1-55(2)33-34-56(3,4)54-37-44(25-32-53(54)55)40-21-28-47(29-22-40)57(46-26-19-39(20-27-46)43-18-17-38-11-5-6-12-42(38)35-43)48-30-23-41(24-31-48)52-36-45-13-7-8-14-49(45)50-15-9-10-16-51(50)52/h5-32,35-37H,33-34H2,1-4H3. The first-order chi connectivity index (χ1) is 27.7. The van der Waals surface area contributed by atoms with Crippen LogP contribution < -0.4 is 4.90 Å². The molecular formula is C56H47N. The lowest BCUT2D eigenvalue weighted by atomic mass is 9.63. The summed E-state index contributed by atoms with van der Waals surface area (Å²) >= 11 is 0. The van der Waals surface area contributed by atoms with E-state index in [0.29, 0.717) is 0 Å². The summed E-state index contributed by atoms with van der Waals surface area (Å²) in [7, 11) is 0. The molecule has 0 aromatic heterocycles. The Labute approximate surface area is 336 Å². The van der Waals surface area contributed by atoms with E-state index in [4.69, 9.17) is 0 Å². The molecule has 1 aliphatic carbocycles. The number of rotatable bonds is 6. The topological polar surface area (TPSA) is 3.24 Å². The molecule has 0 amide bonds. The Hall–Kier alpha value is -6.44. The minimum absolute atomic E-state index is 0.169. The first-order valence-corrected chi connectivity index (χ1v) is 20.4. The van der Waals surface area contributed by atoms with Gasteiger partial charge >= 0.3 is 0 Å². The molecule has 0 fully saturated rings. The van der Waals surface area contributed by atoms with Crippen molar-refractivity contribution in [2.45, 2.75) is 51.4 Å². The van der Waals surface area contributed by atoms with Gasteiger partial charge in [0.15, 0.2) is 0 Å². The number of fused-ring (bicyclic) bond motifs is 5. The van der Waals surface area contributed by atoms with E-state index in [0.717, 1.165) is 17.1 Å². The first kappa shape index (κ1) is 35.0. The van der Waals surface area contributed by atoms with Crippen LogP contribution in [-0.4, -0.2) is 0 Å². The number of hydrogen-bond donors (Lipinski definition) is 0. The SMILES string of the molecule is CC1(C)CCC(C)(C)c2cc(-c3ccc(N(c4ccc(-c5ccc6ccccc6c5)cc4)c4ccc(-c5cc6ccccc6c6ccccc56)cc4)cc3)ccc21. The van der Waals surface area contributed by atoms with Gasteiger partial charge in [0.05, 0.1) is 0 Å². The maximum Gasteiger partial charge on any atom is 0.0462 e. The maximum absolute atomic E-state index is 2.46. The quantitative estimate of drug-likeness (QED) is 0.154. The summed E-state index contributed by atoms with van der Waals surface area (Å²) in [5, 5.41) is 7.62. The van der Waals surface area contributed by atoms with E-state index in [2.05, 4.69) is 221 Å². The minimum Gasteiger partial charge on any atom is -0.311 e. The molecule has 276 valence electrons. The highest BCUT2D eigenvalue weighted by Crippen LogP contribution is 2.47. The van der Waals surface area contributed by atoms with Crippen molar-refractivity contribution in [2.75, 3.05) is 4.90 Å². The van der Waals surface area contributed by atoms with Gasteiger partial charge in [-0.05, 0) is 149 Å². The van der Waals surface area contributed by atoms with Crippen molar-refractivity contribution >= 4 is 49.4 Å². The molecule has 0 heterocycles. The lowest BCUT2D eigenvalue weighted by Crippen LogP contribution is -2.33. The zero-order valence-electron chi connectivity index (χ0n) is 33.3. The summed E-state index contributed by atoms with van der Waals surface area (Å²) < 4.78 is 0. The second-order valence-corrected chi connectivity index (χ2v) is 17.3. The summed E-state index contributed by atoms with van der Waals surface area (Å²) in [4.78, 5) is 2.38. The van der Waals surface area contributed by atoms with E-state index in [1.165, 1.54) is 89.7 Å². The van der Waals surface area contributed by atoms with Crippen molar-refractivity contribution < 1.29 is 0 Å². The number of nitrogens with zero attached hydrogens (tertiary/aromatic N) is 1. The molecular weight excluding hydrogens is 687 g/mol. The van der Waals surface area contributed by atoms with Crippen LogP contribution in [0.4, 0.5) is 17.1 Å². The average molecular weight is 734 g/mol. The average Bonchev–Trinajstić information content (AvgIpc) is 3.25. The fraction of sp³-hybridized carbons (Fsp3) is 0.143. The molecule has 0 N–H and O–H groups in total. The Kier molecular flexibility index (Phi) is 8.38.